The van der Waals surface area contributed by atoms with E-state index in [0.29, 0.717) is 0 Å². The first-order chi connectivity index (χ1) is 4.83. The van der Waals surface area contributed by atoms with E-state index in [1.807, 2.05) is 0 Å². The van der Waals surface area contributed by atoms with Crippen LogP contribution < -0.4 is 0 Å². The summed E-state index contributed by atoms with van der Waals surface area (Å²) in [5, 5.41) is 19.0. The van der Waals surface area contributed by atoms with Crippen LogP contribution in [-0.4, -0.2) is 40.0 Å². The lowest BCUT2D eigenvalue weighted by Crippen LogP contribution is -2.37. The highest BCUT2D eigenvalue weighted by atomic mass is 32.2. The van der Waals surface area contributed by atoms with Crippen LogP contribution in [0.3, 0.4) is 0 Å². The Morgan fingerprint density at radius 3 is 1.90 bits per heavy atom. The summed E-state index contributed by atoms with van der Waals surface area (Å²) in [4.78, 5) is 0. The van der Waals surface area contributed by atoms with E-state index in [1.165, 1.54) is 0 Å². The highest BCUT2D eigenvalue weighted by molar-refractivity contribution is 8.16. The van der Waals surface area contributed by atoms with Gasteiger partial charge in [-0.05, 0) is 0 Å². The van der Waals surface area contributed by atoms with Gasteiger partial charge in [-0.2, -0.15) is 23.5 Å². The Labute approximate surface area is 69.4 Å². The predicted octanol–water partition coefficient (Wildman–Crippen LogP) is 0.395. The molecule has 1 aliphatic rings. The smallest absolute Gasteiger partial charge is 0.0525 e. The van der Waals surface area contributed by atoms with E-state index in [-0.39, 0.29) is 18.6 Å². The van der Waals surface area contributed by atoms with E-state index in [0.717, 1.165) is 16.6 Å². The molecule has 4 heteroatoms. The molecule has 60 valence electrons. The number of aliphatic hydroxyl groups is 2. The van der Waals surface area contributed by atoms with Crippen molar-refractivity contribution in [2.24, 2.45) is 5.41 Å². The Balaban J connectivity index is 2.44. The summed E-state index contributed by atoms with van der Waals surface area (Å²) < 4.78 is 0. The molecule has 0 saturated carbocycles. The highest BCUT2D eigenvalue weighted by Crippen LogP contribution is 2.34. The zero-order valence-corrected chi connectivity index (χ0v) is 7.38. The van der Waals surface area contributed by atoms with Gasteiger partial charge < -0.3 is 10.2 Å². The van der Waals surface area contributed by atoms with Crippen molar-refractivity contribution < 1.29 is 10.2 Å². The molecular weight excluding hydrogens is 168 g/mol. The second-order valence-electron chi connectivity index (χ2n) is 2.63. The van der Waals surface area contributed by atoms with Gasteiger partial charge in [0.05, 0.1) is 13.2 Å². The summed E-state index contributed by atoms with van der Waals surface area (Å²) in [6.45, 7) is 0.229. The molecule has 1 aliphatic heterocycles. The molecule has 1 fully saturated rings. The van der Waals surface area contributed by atoms with Crippen molar-refractivity contribution in [2.75, 3.05) is 29.8 Å². The fraction of sp³-hybridized carbons (Fsp3) is 1.00. The lowest BCUT2D eigenvalue weighted by atomic mass is 9.96. The lowest BCUT2D eigenvalue weighted by molar-refractivity contribution is 0.0929. The van der Waals surface area contributed by atoms with Crippen LogP contribution in [-0.2, 0) is 0 Å². The van der Waals surface area contributed by atoms with Gasteiger partial charge in [-0.3, -0.25) is 0 Å². The highest BCUT2D eigenvalue weighted by Gasteiger charge is 2.31. The summed E-state index contributed by atoms with van der Waals surface area (Å²) >= 11 is 3.59. The molecule has 0 aromatic rings. The van der Waals surface area contributed by atoms with Gasteiger partial charge in [0, 0.05) is 22.0 Å². The van der Waals surface area contributed by atoms with Gasteiger partial charge in [0.2, 0.25) is 0 Å². The molecule has 1 heterocycles. The first-order valence-corrected chi connectivity index (χ1v) is 5.51. The topological polar surface area (TPSA) is 40.5 Å². The Morgan fingerprint density at radius 1 is 1.10 bits per heavy atom. The largest absolute Gasteiger partial charge is 0.396 e. The minimum absolute atomic E-state index is 0.115. The molecule has 10 heavy (non-hydrogen) atoms. The molecule has 0 spiro atoms. The summed E-state index contributed by atoms with van der Waals surface area (Å²) in [5.41, 5.74) is -0.201. The minimum Gasteiger partial charge on any atom is -0.396 e. The lowest BCUT2D eigenvalue weighted by Gasteiger charge is -2.32. The molecule has 0 bridgehead atoms. The third kappa shape index (κ3) is 1.81. The van der Waals surface area contributed by atoms with Crippen molar-refractivity contribution in [1.29, 1.82) is 0 Å². The van der Waals surface area contributed by atoms with Crippen molar-refractivity contribution in [3.8, 4) is 0 Å². The standard InChI is InChI=1S/C6H12O2S2/c7-1-6(2-8)3-9-5-10-4-6/h7-8H,1-5H2. The minimum atomic E-state index is -0.201. The normalized spacial score (nSPS) is 24.6. The molecule has 0 radical (unpaired) electrons. The van der Waals surface area contributed by atoms with E-state index in [9.17, 15) is 0 Å². The number of rotatable bonds is 2. The van der Waals surface area contributed by atoms with Crippen LogP contribution in [0.1, 0.15) is 0 Å². The summed E-state index contributed by atoms with van der Waals surface area (Å²) in [6.07, 6.45) is 0. The molecular formula is C6H12O2S2. The maximum absolute atomic E-state index is 8.95. The predicted molar refractivity (Wildman–Crippen MR) is 46.4 cm³/mol. The number of hydrogen-bond donors (Lipinski definition) is 2. The number of aliphatic hydroxyl groups excluding tert-OH is 2. The second kappa shape index (κ2) is 3.85. The molecule has 0 aliphatic carbocycles. The van der Waals surface area contributed by atoms with Crippen LogP contribution in [0.2, 0.25) is 0 Å². The van der Waals surface area contributed by atoms with Crippen molar-refractivity contribution >= 4 is 23.5 Å². The molecule has 0 aromatic carbocycles. The van der Waals surface area contributed by atoms with Gasteiger partial charge in [-0.1, -0.05) is 0 Å². The fourth-order valence-electron chi connectivity index (χ4n) is 0.850. The van der Waals surface area contributed by atoms with Crippen LogP contribution in [0.15, 0.2) is 0 Å². The van der Waals surface area contributed by atoms with E-state index in [2.05, 4.69) is 0 Å². The van der Waals surface area contributed by atoms with E-state index in [1.54, 1.807) is 23.5 Å². The molecule has 2 nitrogen and oxygen atoms in total. The molecule has 1 saturated heterocycles. The van der Waals surface area contributed by atoms with E-state index < -0.39 is 0 Å². The first-order valence-electron chi connectivity index (χ1n) is 3.20. The number of hydrogen-bond acceptors (Lipinski definition) is 4. The Morgan fingerprint density at radius 2 is 1.60 bits per heavy atom. The van der Waals surface area contributed by atoms with Crippen LogP contribution in [0.4, 0.5) is 0 Å². The zero-order valence-electron chi connectivity index (χ0n) is 5.75. The maximum atomic E-state index is 8.95. The third-order valence-electron chi connectivity index (χ3n) is 1.65. The van der Waals surface area contributed by atoms with Crippen LogP contribution in [0, 0.1) is 5.41 Å². The van der Waals surface area contributed by atoms with Crippen LogP contribution in [0.5, 0.6) is 0 Å². The molecule has 0 unspecified atom stereocenters. The molecule has 0 amide bonds. The van der Waals surface area contributed by atoms with Gasteiger partial charge in [0.1, 0.15) is 0 Å². The van der Waals surface area contributed by atoms with Crippen LogP contribution >= 0.6 is 23.5 Å². The third-order valence-corrected chi connectivity index (χ3v) is 4.62. The molecule has 1 rings (SSSR count). The molecule has 0 aromatic heterocycles. The van der Waals surface area contributed by atoms with Gasteiger partial charge in [-0.15, -0.1) is 0 Å². The van der Waals surface area contributed by atoms with E-state index in [4.69, 9.17) is 10.2 Å². The van der Waals surface area contributed by atoms with Gasteiger partial charge >= 0.3 is 0 Å². The SMILES string of the molecule is OCC1(CO)CSCSC1. The average Bonchev–Trinajstić information content (AvgIpc) is 2.06. The van der Waals surface area contributed by atoms with Crippen molar-refractivity contribution in [3.05, 3.63) is 0 Å². The monoisotopic (exact) mass is 180 g/mol. The zero-order chi connectivity index (χ0) is 7.45. The van der Waals surface area contributed by atoms with Crippen molar-refractivity contribution in [3.63, 3.8) is 0 Å². The van der Waals surface area contributed by atoms with Gasteiger partial charge in [0.25, 0.3) is 0 Å². The van der Waals surface area contributed by atoms with Gasteiger partial charge in [0.15, 0.2) is 0 Å². The van der Waals surface area contributed by atoms with Crippen molar-refractivity contribution in [1.82, 2.24) is 0 Å². The van der Waals surface area contributed by atoms with E-state index >= 15 is 0 Å². The Kier molecular flexibility index (Phi) is 3.36. The molecule has 0 atom stereocenters. The summed E-state index contributed by atoms with van der Waals surface area (Å²) in [7, 11) is 0. The van der Waals surface area contributed by atoms with Crippen LogP contribution in [0.25, 0.3) is 0 Å². The van der Waals surface area contributed by atoms with Gasteiger partial charge in [-0.25, -0.2) is 0 Å². The average molecular weight is 180 g/mol. The Hall–Kier alpha value is 0.620. The van der Waals surface area contributed by atoms with Crippen molar-refractivity contribution in [2.45, 2.75) is 0 Å². The molecule has 2 N–H and O–H groups in total. The summed E-state index contributed by atoms with van der Waals surface area (Å²) in [6, 6.07) is 0. The number of thioether (sulfide) groups is 2. The maximum Gasteiger partial charge on any atom is 0.0525 e. The summed E-state index contributed by atoms with van der Waals surface area (Å²) in [5.74, 6) is 1.79. The first kappa shape index (κ1) is 8.71. The fourth-order valence-corrected chi connectivity index (χ4v) is 3.55. The Bertz CT molecular complexity index is 95.9. The quantitative estimate of drug-likeness (QED) is 0.645. The second-order valence-corrected chi connectivity index (χ2v) is 4.97.